The first-order valence-corrected chi connectivity index (χ1v) is 4.52. The third-order valence-electron chi connectivity index (χ3n) is 1.21. The van der Waals surface area contributed by atoms with Crippen molar-refractivity contribution in [3.63, 3.8) is 0 Å². The highest BCUT2D eigenvalue weighted by molar-refractivity contribution is 14.1. The van der Waals surface area contributed by atoms with Gasteiger partial charge in [0.2, 0.25) is 0 Å². The monoisotopic (exact) mass is 263 g/mol. The maximum absolute atomic E-state index is 5.38. The van der Waals surface area contributed by atoms with Gasteiger partial charge in [0.25, 0.3) is 0 Å². The second-order valence-corrected chi connectivity index (χ2v) is 2.81. The van der Waals surface area contributed by atoms with E-state index in [0.29, 0.717) is 6.61 Å². The van der Waals surface area contributed by atoms with Crippen LogP contribution in [0.4, 0.5) is 0 Å². The van der Waals surface area contributed by atoms with E-state index in [1.54, 1.807) is 0 Å². The van der Waals surface area contributed by atoms with Crippen LogP contribution < -0.4 is 8.27 Å². The van der Waals surface area contributed by atoms with E-state index in [4.69, 9.17) is 4.74 Å². The maximum atomic E-state index is 5.38. The van der Waals surface area contributed by atoms with Crippen molar-refractivity contribution in [2.24, 2.45) is 0 Å². The summed E-state index contributed by atoms with van der Waals surface area (Å²) in [5, 5.41) is 0. The molecule has 0 heterocycles. The van der Waals surface area contributed by atoms with Crippen LogP contribution in [0.1, 0.15) is 0 Å². The Bertz CT molecular complexity index is 191. The first kappa shape index (κ1) is 8.80. The summed E-state index contributed by atoms with van der Waals surface area (Å²) in [4.78, 5) is 0. The number of para-hydroxylation sites is 1. The lowest BCUT2D eigenvalue weighted by Crippen LogP contribution is -2.10. The van der Waals surface area contributed by atoms with E-state index in [0.717, 1.165) is 12.3 Å². The van der Waals surface area contributed by atoms with E-state index >= 15 is 0 Å². The predicted molar refractivity (Wildman–Crippen MR) is 54.0 cm³/mol. The molecule has 1 N–H and O–H groups in total. The fourth-order valence-corrected chi connectivity index (χ4v) is 0.944. The Kier molecular flexibility index (Phi) is 4.30. The highest BCUT2D eigenvalue weighted by atomic mass is 127. The molecule has 1 aromatic rings. The Morgan fingerprint density at radius 2 is 2.00 bits per heavy atom. The van der Waals surface area contributed by atoms with Crippen molar-refractivity contribution in [2.45, 2.75) is 0 Å². The maximum Gasteiger partial charge on any atom is 0.119 e. The summed E-state index contributed by atoms with van der Waals surface area (Å²) in [5.41, 5.74) is 0. The zero-order chi connectivity index (χ0) is 7.94. The van der Waals surface area contributed by atoms with Crippen molar-refractivity contribution in [3.05, 3.63) is 30.3 Å². The van der Waals surface area contributed by atoms with Gasteiger partial charge in [-0.1, -0.05) is 18.2 Å². The van der Waals surface area contributed by atoms with Crippen LogP contribution in [0.2, 0.25) is 0 Å². The van der Waals surface area contributed by atoms with Gasteiger partial charge in [-0.3, -0.25) is 3.53 Å². The number of ether oxygens (including phenoxy) is 1. The first-order valence-electron chi connectivity index (χ1n) is 3.45. The van der Waals surface area contributed by atoms with E-state index in [2.05, 4.69) is 26.4 Å². The molecule has 0 unspecified atom stereocenters. The molecular weight excluding hydrogens is 253 g/mol. The predicted octanol–water partition coefficient (Wildman–Crippen LogP) is 2.00. The molecule has 0 aliphatic carbocycles. The van der Waals surface area contributed by atoms with Gasteiger partial charge < -0.3 is 4.74 Å². The average molecular weight is 263 g/mol. The van der Waals surface area contributed by atoms with E-state index in [-0.39, 0.29) is 0 Å². The van der Waals surface area contributed by atoms with E-state index in [9.17, 15) is 0 Å². The van der Waals surface area contributed by atoms with Gasteiger partial charge in [0.05, 0.1) is 0 Å². The van der Waals surface area contributed by atoms with Gasteiger partial charge in [0.1, 0.15) is 12.4 Å². The fraction of sp³-hybridized carbons (Fsp3) is 0.250. The fourth-order valence-electron chi connectivity index (χ4n) is 0.724. The lowest BCUT2D eigenvalue weighted by Gasteiger charge is -2.03. The topological polar surface area (TPSA) is 21.3 Å². The lowest BCUT2D eigenvalue weighted by molar-refractivity contribution is 0.326. The minimum Gasteiger partial charge on any atom is -0.492 e. The van der Waals surface area contributed by atoms with Crippen LogP contribution >= 0.6 is 22.9 Å². The molecule has 1 aromatic carbocycles. The third-order valence-corrected chi connectivity index (χ3v) is 1.75. The molecule has 1 rings (SSSR count). The second kappa shape index (κ2) is 5.37. The van der Waals surface area contributed by atoms with Crippen molar-refractivity contribution < 1.29 is 4.74 Å². The second-order valence-electron chi connectivity index (χ2n) is 2.05. The van der Waals surface area contributed by atoms with Crippen molar-refractivity contribution in [2.75, 3.05) is 13.2 Å². The first-order chi connectivity index (χ1) is 5.43. The summed E-state index contributed by atoms with van der Waals surface area (Å²) in [7, 11) is 0. The molecule has 0 aromatic heterocycles. The van der Waals surface area contributed by atoms with Crippen molar-refractivity contribution in [3.8, 4) is 5.75 Å². The smallest absolute Gasteiger partial charge is 0.119 e. The Labute approximate surface area is 80.4 Å². The van der Waals surface area contributed by atoms with Gasteiger partial charge in [-0.25, -0.2) is 0 Å². The number of hydrogen-bond acceptors (Lipinski definition) is 2. The normalized spacial score (nSPS) is 9.55. The van der Waals surface area contributed by atoms with E-state index < -0.39 is 0 Å². The zero-order valence-corrected chi connectivity index (χ0v) is 8.24. The summed E-state index contributed by atoms with van der Waals surface area (Å²) < 4.78 is 8.36. The molecule has 11 heavy (non-hydrogen) atoms. The number of hydrogen-bond donors (Lipinski definition) is 1. The van der Waals surface area contributed by atoms with E-state index in [1.807, 2.05) is 30.3 Å². The van der Waals surface area contributed by atoms with Gasteiger partial charge in [-0.2, -0.15) is 0 Å². The Hall–Kier alpha value is -0.290. The Morgan fingerprint density at radius 1 is 1.27 bits per heavy atom. The molecule has 0 radical (unpaired) electrons. The minimum absolute atomic E-state index is 0.715. The molecule has 3 heteroatoms. The quantitative estimate of drug-likeness (QED) is 0.509. The largest absolute Gasteiger partial charge is 0.492 e. The van der Waals surface area contributed by atoms with Gasteiger partial charge in [0.15, 0.2) is 0 Å². The van der Waals surface area contributed by atoms with E-state index in [1.165, 1.54) is 0 Å². The van der Waals surface area contributed by atoms with Crippen LogP contribution in [-0.2, 0) is 0 Å². The Morgan fingerprint density at radius 3 is 2.64 bits per heavy atom. The van der Waals surface area contributed by atoms with Crippen molar-refractivity contribution in [1.82, 2.24) is 3.53 Å². The number of halogens is 1. The Balaban J connectivity index is 2.28. The molecular formula is C8H10INO. The molecule has 0 atom stereocenters. The molecule has 2 nitrogen and oxygen atoms in total. The molecule has 0 saturated heterocycles. The summed E-state index contributed by atoms with van der Waals surface area (Å²) in [6, 6.07) is 9.81. The van der Waals surface area contributed by atoms with Crippen LogP contribution in [0.25, 0.3) is 0 Å². The van der Waals surface area contributed by atoms with Crippen LogP contribution in [0.15, 0.2) is 30.3 Å². The van der Waals surface area contributed by atoms with Crippen LogP contribution in [-0.4, -0.2) is 13.2 Å². The highest BCUT2D eigenvalue weighted by Gasteiger charge is 1.88. The van der Waals surface area contributed by atoms with Crippen LogP contribution in [0.5, 0.6) is 5.75 Å². The number of nitrogens with one attached hydrogen (secondary N) is 1. The SMILES string of the molecule is INCCOc1ccccc1. The number of benzene rings is 1. The zero-order valence-electron chi connectivity index (χ0n) is 6.09. The molecule has 0 aliphatic rings. The summed E-state index contributed by atoms with van der Waals surface area (Å²) in [6.07, 6.45) is 0. The molecule has 0 bridgehead atoms. The summed E-state index contributed by atoms with van der Waals surface area (Å²) >= 11 is 2.10. The van der Waals surface area contributed by atoms with Gasteiger partial charge in [0, 0.05) is 29.4 Å². The van der Waals surface area contributed by atoms with Gasteiger partial charge >= 0.3 is 0 Å². The van der Waals surface area contributed by atoms with Gasteiger partial charge in [-0.05, 0) is 12.1 Å². The number of rotatable bonds is 4. The van der Waals surface area contributed by atoms with Crippen molar-refractivity contribution in [1.29, 1.82) is 0 Å². The van der Waals surface area contributed by atoms with Crippen LogP contribution in [0.3, 0.4) is 0 Å². The summed E-state index contributed by atoms with van der Waals surface area (Å²) in [6.45, 7) is 1.59. The highest BCUT2D eigenvalue weighted by Crippen LogP contribution is 2.07. The minimum atomic E-state index is 0.715. The molecule has 60 valence electrons. The van der Waals surface area contributed by atoms with Crippen LogP contribution in [0, 0.1) is 0 Å². The lowest BCUT2D eigenvalue weighted by atomic mass is 10.3. The van der Waals surface area contributed by atoms with Crippen molar-refractivity contribution >= 4 is 22.9 Å². The summed E-state index contributed by atoms with van der Waals surface area (Å²) in [5.74, 6) is 0.930. The molecule has 0 amide bonds. The average Bonchev–Trinajstić information content (AvgIpc) is 2.07. The molecule has 0 saturated carbocycles. The standard InChI is InChI=1S/C8H10INO/c9-10-6-7-11-8-4-2-1-3-5-8/h1-5,10H,6-7H2. The third kappa shape index (κ3) is 3.57. The van der Waals surface area contributed by atoms with Gasteiger partial charge in [-0.15, -0.1) is 0 Å². The molecule has 0 fully saturated rings. The molecule has 0 spiro atoms. The molecule has 0 aliphatic heterocycles.